The van der Waals surface area contributed by atoms with E-state index in [0.29, 0.717) is 18.9 Å². The minimum atomic E-state index is -0.239. The Morgan fingerprint density at radius 1 is 1.15 bits per heavy atom. The van der Waals surface area contributed by atoms with Crippen molar-refractivity contribution in [3.63, 3.8) is 0 Å². The number of nitrogens with zero attached hydrogens (tertiary/aromatic N) is 4. The largest absolute Gasteiger partial charge is 0.345 e. The molecule has 2 aromatic rings. The van der Waals surface area contributed by atoms with Gasteiger partial charge in [0.2, 0.25) is 0 Å². The molecule has 0 aliphatic carbocycles. The average molecular weight is 361 g/mol. The number of aryl methyl sites for hydroxylation is 1. The Morgan fingerprint density at radius 3 is 2.56 bits per heavy atom. The van der Waals surface area contributed by atoms with Crippen molar-refractivity contribution in [1.29, 1.82) is 5.26 Å². The highest BCUT2D eigenvalue weighted by atomic mass is 16.2. The molecule has 3 rings (SSSR count). The summed E-state index contributed by atoms with van der Waals surface area (Å²) >= 11 is 0. The SMILES string of the molecule is Cc1cccc(N/C=C(/C#N)C(=O)N2CCN(Cc3ccccc3)CC2)n1. The number of rotatable bonds is 5. The number of benzene rings is 1. The molecule has 0 radical (unpaired) electrons. The summed E-state index contributed by atoms with van der Waals surface area (Å²) < 4.78 is 0. The molecule has 138 valence electrons. The van der Waals surface area contributed by atoms with Crippen molar-refractivity contribution in [2.24, 2.45) is 0 Å². The number of amides is 1. The molecule has 0 bridgehead atoms. The normalized spacial score (nSPS) is 15.3. The third-order valence-electron chi connectivity index (χ3n) is 4.51. The molecular weight excluding hydrogens is 338 g/mol. The molecule has 6 heteroatoms. The second kappa shape index (κ2) is 8.97. The average Bonchev–Trinajstić information content (AvgIpc) is 2.70. The molecule has 0 unspecified atom stereocenters. The molecule has 1 aliphatic rings. The summed E-state index contributed by atoms with van der Waals surface area (Å²) in [6.07, 6.45) is 1.44. The molecule has 1 aromatic heterocycles. The van der Waals surface area contributed by atoms with Crippen LogP contribution in [-0.4, -0.2) is 46.9 Å². The fourth-order valence-corrected chi connectivity index (χ4v) is 3.03. The summed E-state index contributed by atoms with van der Waals surface area (Å²) in [5, 5.41) is 12.3. The van der Waals surface area contributed by atoms with Gasteiger partial charge in [-0.3, -0.25) is 9.69 Å². The summed E-state index contributed by atoms with van der Waals surface area (Å²) in [5.41, 5.74) is 2.23. The number of piperazine rings is 1. The van der Waals surface area contributed by atoms with E-state index in [1.807, 2.05) is 43.3 Å². The predicted octanol–water partition coefficient (Wildman–Crippen LogP) is 2.55. The molecular formula is C21H23N5O. The van der Waals surface area contributed by atoms with Crippen LogP contribution < -0.4 is 5.32 Å². The zero-order chi connectivity index (χ0) is 19.1. The predicted molar refractivity (Wildman–Crippen MR) is 105 cm³/mol. The van der Waals surface area contributed by atoms with E-state index < -0.39 is 0 Å². The van der Waals surface area contributed by atoms with Gasteiger partial charge in [-0.15, -0.1) is 0 Å². The van der Waals surface area contributed by atoms with E-state index in [0.717, 1.165) is 25.3 Å². The lowest BCUT2D eigenvalue weighted by molar-refractivity contribution is -0.128. The summed E-state index contributed by atoms with van der Waals surface area (Å²) in [5.74, 6) is 0.375. The van der Waals surface area contributed by atoms with Crippen molar-refractivity contribution in [2.75, 3.05) is 31.5 Å². The van der Waals surface area contributed by atoms with Crippen LogP contribution in [0.2, 0.25) is 0 Å². The van der Waals surface area contributed by atoms with Gasteiger partial charge in [-0.2, -0.15) is 5.26 Å². The Labute approximate surface area is 159 Å². The van der Waals surface area contributed by atoms with Crippen LogP contribution in [-0.2, 0) is 11.3 Å². The number of carbonyl (C=O) groups excluding carboxylic acids is 1. The third-order valence-corrected chi connectivity index (χ3v) is 4.51. The molecule has 1 amide bonds. The van der Waals surface area contributed by atoms with Gasteiger partial charge in [0.25, 0.3) is 5.91 Å². The first-order valence-corrected chi connectivity index (χ1v) is 9.02. The molecule has 1 aliphatic heterocycles. The minimum Gasteiger partial charge on any atom is -0.345 e. The molecule has 1 aromatic carbocycles. The van der Waals surface area contributed by atoms with E-state index >= 15 is 0 Å². The van der Waals surface area contributed by atoms with Gasteiger partial charge in [0, 0.05) is 44.6 Å². The molecule has 6 nitrogen and oxygen atoms in total. The van der Waals surface area contributed by atoms with Crippen LogP contribution in [0.3, 0.4) is 0 Å². The number of hydrogen-bond donors (Lipinski definition) is 1. The number of anilines is 1. The molecule has 0 atom stereocenters. The highest BCUT2D eigenvalue weighted by Gasteiger charge is 2.23. The fraction of sp³-hybridized carbons (Fsp3) is 0.286. The van der Waals surface area contributed by atoms with Crippen LogP contribution in [0.5, 0.6) is 0 Å². The molecule has 1 saturated heterocycles. The van der Waals surface area contributed by atoms with Gasteiger partial charge >= 0.3 is 0 Å². The number of nitrogens with one attached hydrogen (secondary N) is 1. The van der Waals surface area contributed by atoms with Gasteiger partial charge in [0.15, 0.2) is 0 Å². The van der Waals surface area contributed by atoms with Crippen molar-refractivity contribution in [1.82, 2.24) is 14.8 Å². The van der Waals surface area contributed by atoms with Crippen LogP contribution in [0.4, 0.5) is 5.82 Å². The lowest BCUT2D eigenvalue weighted by Gasteiger charge is -2.34. The third kappa shape index (κ3) is 5.16. The van der Waals surface area contributed by atoms with Crippen LogP contribution in [0.15, 0.2) is 60.3 Å². The maximum atomic E-state index is 12.6. The van der Waals surface area contributed by atoms with Gasteiger partial charge in [-0.25, -0.2) is 4.98 Å². The molecule has 0 spiro atoms. The lowest BCUT2D eigenvalue weighted by atomic mass is 10.2. The van der Waals surface area contributed by atoms with E-state index in [1.165, 1.54) is 11.8 Å². The van der Waals surface area contributed by atoms with E-state index in [1.54, 1.807) is 11.0 Å². The monoisotopic (exact) mass is 361 g/mol. The van der Waals surface area contributed by atoms with Crippen molar-refractivity contribution in [3.8, 4) is 6.07 Å². The Kier molecular flexibility index (Phi) is 6.18. The second-order valence-corrected chi connectivity index (χ2v) is 6.53. The van der Waals surface area contributed by atoms with Crippen molar-refractivity contribution < 1.29 is 4.79 Å². The maximum Gasteiger partial charge on any atom is 0.266 e. The zero-order valence-electron chi connectivity index (χ0n) is 15.4. The smallest absolute Gasteiger partial charge is 0.266 e. The lowest BCUT2D eigenvalue weighted by Crippen LogP contribution is -2.48. The highest BCUT2D eigenvalue weighted by Crippen LogP contribution is 2.11. The number of pyridine rings is 1. The Bertz CT molecular complexity index is 848. The zero-order valence-corrected chi connectivity index (χ0v) is 15.4. The standard InChI is InChI=1S/C21H23N5O/c1-17-6-5-9-20(24-17)23-15-19(14-22)21(27)26-12-10-25(11-13-26)16-18-7-3-2-4-8-18/h2-9,15H,10-13,16H2,1H3,(H,23,24)/b19-15-. The first kappa shape index (κ1) is 18.6. The van der Waals surface area contributed by atoms with Crippen LogP contribution in [0, 0.1) is 18.3 Å². The maximum absolute atomic E-state index is 12.6. The number of carbonyl (C=O) groups is 1. The van der Waals surface area contributed by atoms with Gasteiger partial charge in [0.1, 0.15) is 17.5 Å². The van der Waals surface area contributed by atoms with E-state index in [4.69, 9.17) is 0 Å². The fourth-order valence-electron chi connectivity index (χ4n) is 3.03. The Balaban J connectivity index is 1.55. The first-order valence-electron chi connectivity index (χ1n) is 9.02. The topological polar surface area (TPSA) is 72.3 Å². The van der Waals surface area contributed by atoms with Gasteiger partial charge < -0.3 is 10.2 Å². The molecule has 2 heterocycles. The van der Waals surface area contributed by atoms with Gasteiger partial charge in [-0.05, 0) is 24.6 Å². The number of aromatic nitrogens is 1. The molecule has 1 N–H and O–H groups in total. The minimum absolute atomic E-state index is 0.0924. The number of nitriles is 1. The van der Waals surface area contributed by atoms with Crippen molar-refractivity contribution in [2.45, 2.75) is 13.5 Å². The van der Waals surface area contributed by atoms with Crippen LogP contribution >= 0.6 is 0 Å². The highest BCUT2D eigenvalue weighted by molar-refractivity contribution is 5.97. The first-order chi connectivity index (χ1) is 13.2. The molecule has 27 heavy (non-hydrogen) atoms. The summed E-state index contributed by atoms with van der Waals surface area (Å²) in [6.45, 7) is 5.60. The van der Waals surface area contributed by atoms with Crippen LogP contribution in [0.25, 0.3) is 0 Å². The van der Waals surface area contributed by atoms with Crippen molar-refractivity contribution in [3.05, 3.63) is 71.6 Å². The van der Waals surface area contributed by atoms with E-state index in [2.05, 4.69) is 27.3 Å². The summed E-state index contributed by atoms with van der Waals surface area (Å²) in [4.78, 5) is 21.0. The van der Waals surface area contributed by atoms with Gasteiger partial charge in [-0.1, -0.05) is 36.4 Å². The van der Waals surface area contributed by atoms with Crippen molar-refractivity contribution >= 4 is 11.7 Å². The van der Waals surface area contributed by atoms with Gasteiger partial charge in [0.05, 0.1) is 0 Å². The quantitative estimate of drug-likeness (QED) is 0.655. The molecule has 1 fully saturated rings. The Morgan fingerprint density at radius 2 is 1.89 bits per heavy atom. The number of hydrogen-bond acceptors (Lipinski definition) is 5. The molecule has 0 saturated carbocycles. The second-order valence-electron chi connectivity index (χ2n) is 6.53. The van der Waals surface area contributed by atoms with E-state index in [-0.39, 0.29) is 11.5 Å². The van der Waals surface area contributed by atoms with Crippen LogP contribution in [0.1, 0.15) is 11.3 Å². The van der Waals surface area contributed by atoms with E-state index in [9.17, 15) is 10.1 Å². The Hall–Kier alpha value is -3.17. The summed E-state index contributed by atoms with van der Waals surface area (Å²) in [7, 11) is 0. The summed E-state index contributed by atoms with van der Waals surface area (Å²) in [6, 6.07) is 17.9.